The van der Waals surface area contributed by atoms with Crippen molar-refractivity contribution in [1.29, 1.82) is 0 Å². The van der Waals surface area contributed by atoms with Gasteiger partial charge in [0.25, 0.3) is 5.91 Å². The van der Waals surface area contributed by atoms with Crippen LogP contribution in [-0.4, -0.2) is 30.0 Å². The van der Waals surface area contributed by atoms with Crippen molar-refractivity contribution < 1.29 is 4.79 Å². The molecule has 0 aliphatic carbocycles. The third kappa shape index (κ3) is 4.67. The van der Waals surface area contributed by atoms with E-state index in [1.54, 1.807) is 0 Å². The van der Waals surface area contributed by atoms with Gasteiger partial charge in [-0.25, -0.2) is 0 Å². The summed E-state index contributed by atoms with van der Waals surface area (Å²) in [6.45, 7) is 9.93. The van der Waals surface area contributed by atoms with Crippen molar-refractivity contribution in [3.63, 3.8) is 0 Å². The molecule has 0 fully saturated rings. The van der Waals surface area contributed by atoms with Gasteiger partial charge in [0.2, 0.25) is 0 Å². The molecule has 0 saturated heterocycles. The molecule has 4 heteroatoms. The standard InChI is InChI=1S/C17H28N2OS/c1-6-17(7-2,21-5)12-19-16(20)14-11-13(4)9-10-15(14)18-8-3/h9-11,18H,6-8,12H2,1-5H3,(H,19,20). The number of hydrogen-bond acceptors (Lipinski definition) is 3. The second-order valence-electron chi connectivity index (χ2n) is 5.36. The van der Waals surface area contributed by atoms with Crippen LogP contribution in [0.5, 0.6) is 0 Å². The number of aryl methyl sites for hydroxylation is 1. The van der Waals surface area contributed by atoms with E-state index >= 15 is 0 Å². The average Bonchev–Trinajstić information content (AvgIpc) is 2.51. The number of benzene rings is 1. The van der Waals surface area contributed by atoms with Gasteiger partial charge in [0, 0.05) is 23.5 Å². The topological polar surface area (TPSA) is 41.1 Å². The Kier molecular flexibility index (Phi) is 7.09. The highest BCUT2D eigenvalue weighted by atomic mass is 32.2. The normalized spacial score (nSPS) is 11.3. The molecule has 0 unspecified atom stereocenters. The number of carbonyl (C=O) groups excluding carboxylic acids is 1. The summed E-state index contributed by atoms with van der Waals surface area (Å²) in [6.07, 6.45) is 4.23. The van der Waals surface area contributed by atoms with Gasteiger partial charge in [-0.1, -0.05) is 25.5 Å². The highest BCUT2D eigenvalue weighted by Gasteiger charge is 2.26. The molecule has 0 radical (unpaired) electrons. The minimum absolute atomic E-state index is 0.00924. The minimum atomic E-state index is 0.00924. The summed E-state index contributed by atoms with van der Waals surface area (Å²) in [7, 11) is 0. The highest BCUT2D eigenvalue weighted by molar-refractivity contribution is 8.00. The Morgan fingerprint density at radius 1 is 1.24 bits per heavy atom. The summed E-state index contributed by atoms with van der Waals surface area (Å²) in [5.41, 5.74) is 2.74. The first-order valence-corrected chi connectivity index (χ1v) is 8.92. The molecule has 1 amide bonds. The van der Waals surface area contributed by atoms with Crippen LogP contribution in [0.3, 0.4) is 0 Å². The van der Waals surface area contributed by atoms with E-state index in [9.17, 15) is 4.79 Å². The molecule has 0 aliphatic heterocycles. The first-order chi connectivity index (χ1) is 10.0. The Labute approximate surface area is 133 Å². The molecule has 1 rings (SSSR count). The van der Waals surface area contributed by atoms with Crippen molar-refractivity contribution in [3.05, 3.63) is 29.3 Å². The first kappa shape index (κ1) is 17.9. The fraction of sp³-hybridized carbons (Fsp3) is 0.588. The van der Waals surface area contributed by atoms with Crippen LogP contribution in [-0.2, 0) is 0 Å². The zero-order valence-electron chi connectivity index (χ0n) is 13.9. The zero-order chi connectivity index (χ0) is 15.9. The quantitative estimate of drug-likeness (QED) is 0.760. The lowest BCUT2D eigenvalue weighted by atomic mass is 10.0. The Bertz CT molecular complexity index is 462. The molecule has 0 atom stereocenters. The van der Waals surface area contributed by atoms with Gasteiger partial charge in [-0.15, -0.1) is 0 Å². The van der Waals surface area contributed by atoms with Crippen molar-refractivity contribution in [2.24, 2.45) is 0 Å². The molecule has 0 aromatic heterocycles. The van der Waals surface area contributed by atoms with Crippen LogP contribution in [0.1, 0.15) is 49.5 Å². The molecule has 118 valence electrons. The predicted octanol–water partition coefficient (Wildman–Crippen LogP) is 4.08. The van der Waals surface area contributed by atoms with Gasteiger partial charge in [-0.3, -0.25) is 4.79 Å². The Morgan fingerprint density at radius 3 is 2.43 bits per heavy atom. The van der Waals surface area contributed by atoms with E-state index in [0.717, 1.165) is 36.2 Å². The third-order valence-electron chi connectivity index (χ3n) is 4.08. The molecular weight excluding hydrogens is 280 g/mol. The van der Waals surface area contributed by atoms with E-state index in [1.165, 1.54) is 0 Å². The smallest absolute Gasteiger partial charge is 0.253 e. The average molecular weight is 308 g/mol. The molecule has 0 aliphatic rings. The molecule has 1 aromatic carbocycles. The van der Waals surface area contributed by atoms with Crippen molar-refractivity contribution in [1.82, 2.24) is 5.32 Å². The van der Waals surface area contributed by atoms with Crippen LogP contribution in [0, 0.1) is 6.92 Å². The molecule has 3 nitrogen and oxygen atoms in total. The number of anilines is 1. The van der Waals surface area contributed by atoms with E-state index in [1.807, 2.05) is 43.8 Å². The fourth-order valence-electron chi connectivity index (χ4n) is 2.39. The van der Waals surface area contributed by atoms with Gasteiger partial charge >= 0.3 is 0 Å². The van der Waals surface area contributed by atoms with Crippen LogP contribution in [0.2, 0.25) is 0 Å². The zero-order valence-corrected chi connectivity index (χ0v) is 14.7. The van der Waals surface area contributed by atoms with Crippen LogP contribution in [0.15, 0.2) is 18.2 Å². The van der Waals surface area contributed by atoms with E-state index in [2.05, 4.69) is 30.7 Å². The molecule has 21 heavy (non-hydrogen) atoms. The maximum Gasteiger partial charge on any atom is 0.253 e. The maximum atomic E-state index is 12.5. The predicted molar refractivity (Wildman–Crippen MR) is 94.5 cm³/mol. The Hall–Kier alpha value is -1.16. The number of amides is 1. The van der Waals surface area contributed by atoms with E-state index < -0.39 is 0 Å². The fourth-order valence-corrected chi connectivity index (χ4v) is 3.18. The number of thioether (sulfide) groups is 1. The van der Waals surface area contributed by atoms with Crippen molar-refractivity contribution >= 4 is 23.4 Å². The van der Waals surface area contributed by atoms with Gasteiger partial charge < -0.3 is 10.6 Å². The van der Waals surface area contributed by atoms with Crippen molar-refractivity contribution in [2.45, 2.75) is 45.3 Å². The monoisotopic (exact) mass is 308 g/mol. The lowest BCUT2D eigenvalue weighted by Crippen LogP contribution is -2.39. The number of carbonyl (C=O) groups is 1. The molecule has 0 heterocycles. The Morgan fingerprint density at radius 2 is 1.90 bits per heavy atom. The van der Waals surface area contributed by atoms with E-state index in [-0.39, 0.29) is 10.7 Å². The van der Waals surface area contributed by atoms with Crippen molar-refractivity contribution in [3.8, 4) is 0 Å². The number of nitrogens with one attached hydrogen (secondary N) is 2. The summed E-state index contributed by atoms with van der Waals surface area (Å²) < 4.78 is 0.137. The molecular formula is C17H28N2OS. The summed E-state index contributed by atoms with van der Waals surface area (Å²) in [6, 6.07) is 5.96. The SMILES string of the molecule is CCNc1ccc(C)cc1C(=O)NCC(CC)(CC)SC. The van der Waals surface area contributed by atoms with Gasteiger partial charge in [-0.2, -0.15) is 11.8 Å². The second-order valence-corrected chi connectivity index (χ2v) is 6.63. The molecule has 2 N–H and O–H groups in total. The lowest BCUT2D eigenvalue weighted by Gasteiger charge is -2.30. The maximum absolute atomic E-state index is 12.5. The highest BCUT2D eigenvalue weighted by Crippen LogP contribution is 2.29. The largest absolute Gasteiger partial charge is 0.385 e. The molecule has 0 bridgehead atoms. The Balaban J connectivity index is 2.86. The lowest BCUT2D eigenvalue weighted by molar-refractivity contribution is 0.0949. The van der Waals surface area contributed by atoms with E-state index in [0.29, 0.717) is 6.54 Å². The van der Waals surface area contributed by atoms with Gasteiger partial charge in [0.15, 0.2) is 0 Å². The van der Waals surface area contributed by atoms with Crippen LogP contribution in [0.4, 0.5) is 5.69 Å². The minimum Gasteiger partial charge on any atom is -0.385 e. The number of hydrogen-bond donors (Lipinski definition) is 2. The second kappa shape index (κ2) is 8.32. The summed E-state index contributed by atoms with van der Waals surface area (Å²) >= 11 is 1.84. The molecule has 0 spiro atoms. The summed E-state index contributed by atoms with van der Waals surface area (Å²) in [5, 5.41) is 6.38. The van der Waals surface area contributed by atoms with E-state index in [4.69, 9.17) is 0 Å². The van der Waals surface area contributed by atoms with Crippen molar-refractivity contribution in [2.75, 3.05) is 24.7 Å². The van der Waals surface area contributed by atoms with Crippen LogP contribution in [0.25, 0.3) is 0 Å². The summed E-state index contributed by atoms with van der Waals surface area (Å²) in [5.74, 6) is 0.00924. The van der Waals surface area contributed by atoms with Gasteiger partial charge in [0.1, 0.15) is 0 Å². The summed E-state index contributed by atoms with van der Waals surface area (Å²) in [4.78, 5) is 12.5. The van der Waals surface area contributed by atoms with Crippen LogP contribution >= 0.6 is 11.8 Å². The third-order valence-corrected chi connectivity index (χ3v) is 5.67. The van der Waals surface area contributed by atoms with Crippen LogP contribution < -0.4 is 10.6 Å². The molecule has 1 aromatic rings. The number of rotatable bonds is 8. The first-order valence-electron chi connectivity index (χ1n) is 7.69. The van der Waals surface area contributed by atoms with Gasteiger partial charge in [0.05, 0.1) is 5.56 Å². The molecule has 0 saturated carbocycles. The van der Waals surface area contributed by atoms with Gasteiger partial charge in [-0.05, 0) is 45.1 Å².